The highest BCUT2D eigenvalue weighted by molar-refractivity contribution is 7.92. The van der Waals surface area contributed by atoms with Gasteiger partial charge < -0.3 is 9.84 Å². The topological polar surface area (TPSA) is 93.4 Å². The quantitative estimate of drug-likeness (QED) is 0.863. The van der Waals surface area contributed by atoms with Gasteiger partial charge in [-0.3, -0.25) is 9.40 Å². The van der Waals surface area contributed by atoms with E-state index in [0.717, 1.165) is 0 Å². The highest BCUT2D eigenvalue weighted by Crippen LogP contribution is 2.32. The van der Waals surface area contributed by atoms with Crippen LogP contribution in [0.2, 0.25) is 5.02 Å². The molecule has 0 aliphatic carbocycles. The molecule has 9 heteroatoms. The lowest BCUT2D eigenvalue weighted by Gasteiger charge is -2.14. The molecule has 1 aromatic heterocycles. The van der Waals surface area contributed by atoms with Crippen LogP contribution in [0, 0.1) is 0 Å². The van der Waals surface area contributed by atoms with E-state index in [1.165, 1.54) is 36.3 Å². The number of aliphatic hydroxyl groups excluding tert-OH is 1. The number of aliphatic hydroxyl groups is 1. The first kappa shape index (κ1) is 15.6. The Bertz CT molecular complexity index is 758. The summed E-state index contributed by atoms with van der Waals surface area (Å²) in [6, 6.07) is 2.71. The van der Waals surface area contributed by atoms with Crippen LogP contribution in [0.4, 0.5) is 5.69 Å². The van der Waals surface area contributed by atoms with E-state index in [2.05, 4.69) is 9.82 Å². The van der Waals surface area contributed by atoms with Gasteiger partial charge in [0.25, 0.3) is 10.0 Å². The SMILES string of the molecule is COc1c(CO)cc(Cl)cc1S(=O)(=O)Nc1cnn(C)c1. The lowest BCUT2D eigenvalue weighted by molar-refractivity contribution is 0.272. The predicted octanol–water partition coefficient (Wildman–Crippen LogP) is 1.38. The molecule has 1 heterocycles. The summed E-state index contributed by atoms with van der Waals surface area (Å²) in [6.45, 7) is -0.390. The number of aryl methyl sites for hydroxylation is 1. The van der Waals surface area contributed by atoms with E-state index < -0.39 is 10.0 Å². The molecule has 0 aliphatic rings. The van der Waals surface area contributed by atoms with Gasteiger partial charge in [0.2, 0.25) is 0 Å². The number of hydrogen-bond donors (Lipinski definition) is 2. The van der Waals surface area contributed by atoms with E-state index in [4.69, 9.17) is 16.3 Å². The van der Waals surface area contributed by atoms with Crippen LogP contribution in [-0.2, 0) is 23.7 Å². The molecule has 1 aromatic carbocycles. The van der Waals surface area contributed by atoms with Crippen LogP contribution in [0.25, 0.3) is 0 Å². The number of methoxy groups -OCH3 is 1. The van der Waals surface area contributed by atoms with Crippen LogP contribution in [0.3, 0.4) is 0 Å². The monoisotopic (exact) mass is 331 g/mol. The van der Waals surface area contributed by atoms with Crippen molar-refractivity contribution in [3.8, 4) is 5.75 Å². The molecule has 0 saturated heterocycles. The second-order valence-corrected chi connectivity index (χ2v) is 6.35. The summed E-state index contributed by atoms with van der Waals surface area (Å²) in [7, 11) is -0.929. The molecule has 0 radical (unpaired) electrons. The number of rotatable bonds is 5. The summed E-state index contributed by atoms with van der Waals surface area (Å²) in [5.41, 5.74) is 0.599. The first-order valence-corrected chi connectivity index (χ1v) is 7.72. The fraction of sp³-hybridized carbons (Fsp3) is 0.250. The molecule has 0 unspecified atom stereocenters. The van der Waals surface area contributed by atoms with Crippen LogP contribution in [0.15, 0.2) is 29.4 Å². The van der Waals surface area contributed by atoms with Gasteiger partial charge in [-0.05, 0) is 12.1 Å². The van der Waals surface area contributed by atoms with Gasteiger partial charge in [-0.2, -0.15) is 5.10 Å². The molecule has 0 bridgehead atoms. The van der Waals surface area contributed by atoms with Gasteiger partial charge in [0.15, 0.2) is 0 Å². The van der Waals surface area contributed by atoms with Gasteiger partial charge in [-0.25, -0.2) is 8.42 Å². The molecule has 0 amide bonds. The summed E-state index contributed by atoms with van der Waals surface area (Å²) in [5.74, 6) is 0.0540. The Morgan fingerprint density at radius 2 is 2.19 bits per heavy atom. The molecular weight excluding hydrogens is 318 g/mol. The molecule has 0 aliphatic heterocycles. The Balaban J connectivity index is 2.51. The van der Waals surface area contributed by atoms with E-state index in [9.17, 15) is 13.5 Å². The third-order valence-electron chi connectivity index (χ3n) is 2.72. The summed E-state index contributed by atoms with van der Waals surface area (Å²) < 4.78 is 33.8. The Kier molecular flexibility index (Phi) is 4.40. The third-order valence-corrected chi connectivity index (χ3v) is 4.32. The zero-order valence-electron chi connectivity index (χ0n) is 11.4. The Morgan fingerprint density at radius 3 is 2.71 bits per heavy atom. The number of aromatic nitrogens is 2. The molecule has 21 heavy (non-hydrogen) atoms. The number of ether oxygens (including phenoxy) is 1. The van der Waals surface area contributed by atoms with Crippen molar-refractivity contribution in [3.05, 3.63) is 35.1 Å². The van der Waals surface area contributed by atoms with Gasteiger partial charge in [0.1, 0.15) is 10.6 Å². The fourth-order valence-electron chi connectivity index (χ4n) is 1.86. The molecule has 0 spiro atoms. The maximum absolute atomic E-state index is 12.4. The van der Waals surface area contributed by atoms with Gasteiger partial charge in [0, 0.05) is 23.8 Å². The highest BCUT2D eigenvalue weighted by Gasteiger charge is 2.23. The van der Waals surface area contributed by atoms with E-state index in [1.807, 2.05) is 0 Å². The first-order valence-electron chi connectivity index (χ1n) is 5.86. The average molecular weight is 332 g/mol. The van der Waals surface area contributed by atoms with Crippen molar-refractivity contribution in [2.75, 3.05) is 11.8 Å². The number of hydrogen-bond acceptors (Lipinski definition) is 5. The normalized spacial score (nSPS) is 11.4. The van der Waals surface area contributed by atoms with Crippen molar-refractivity contribution in [1.29, 1.82) is 0 Å². The van der Waals surface area contributed by atoms with Crippen molar-refractivity contribution >= 4 is 27.3 Å². The zero-order chi connectivity index (χ0) is 15.6. The zero-order valence-corrected chi connectivity index (χ0v) is 12.9. The Hall–Kier alpha value is -1.77. The third kappa shape index (κ3) is 3.29. The number of benzene rings is 1. The number of sulfonamides is 1. The van der Waals surface area contributed by atoms with E-state index in [0.29, 0.717) is 5.69 Å². The molecule has 0 atom stereocenters. The van der Waals surface area contributed by atoms with E-state index >= 15 is 0 Å². The van der Waals surface area contributed by atoms with E-state index in [1.54, 1.807) is 7.05 Å². The number of halogens is 1. The lowest BCUT2D eigenvalue weighted by atomic mass is 10.2. The summed E-state index contributed by atoms with van der Waals surface area (Å²) in [5, 5.41) is 13.4. The smallest absolute Gasteiger partial charge is 0.265 e. The minimum absolute atomic E-state index is 0.0540. The summed E-state index contributed by atoms with van der Waals surface area (Å²) >= 11 is 5.90. The van der Waals surface area contributed by atoms with E-state index in [-0.39, 0.29) is 27.8 Å². The van der Waals surface area contributed by atoms with Crippen LogP contribution in [-0.4, -0.2) is 30.4 Å². The molecule has 2 aromatic rings. The number of nitrogens with one attached hydrogen (secondary N) is 1. The van der Waals surface area contributed by atoms with Crippen LogP contribution in [0.1, 0.15) is 5.56 Å². The minimum Gasteiger partial charge on any atom is -0.495 e. The Labute approximate surface area is 127 Å². The fourth-order valence-corrected chi connectivity index (χ4v) is 3.43. The van der Waals surface area contributed by atoms with Crippen molar-refractivity contribution in [1.82, 2.24) is 9.78 Å². The van der Waals surface area contributed by atoms with Crippen LogP contribution < -0.4 is 9.46 Å². The standard InChI is InChI=1S/C12H14ClN3O4S/c1-16-6-10(5-14-16)15-21(18,19)11-4-9(13)3-8(7-17)12(11)20-2/h3-6,15,17H,7H2,1-2H3. The summed E-state index contributed by atoms with van der Waals surface area (Å²) in [6.07, 6.45) is 2.89. The lowest BCUT2D eigenvalue weighted by Crippen LogP contribution is -2.14. The first-order chi connectivity index (χ1) is 9.87. The summed E-state index contributed by atoms with van der Waals surface area (Å²) in [4.78, 5) is -0.148. The van der Waals surface area contributed by atoms with Crippen molar-refractivity contribution in [2.24, 2.45) is 7.05 Å². The van der Waals surface area contributed by atoms with Gasteiger partial charge >= 0.3 is 0 Å². The molecule has 2 rings (SSSR count). The van der Waals surface area contributed by atoms with Crippen molar-refractivity contribution < 1.29 is 18.3 Å². The largest absolute Gasteiger partial charge is 0.495 e. The maximum Gasteiger partial charge on any atom is 0.265 e. The second kappa shape index (κ2) is 5.92. The number of anilines is 1. The van der Waals surface area contributed by atoms with Gasteiger partial charge in [-0.15, -0.1) is 0 Å². The Morgan fingerprint density at radius 1 is 1.48 bits per heavy atom. The van der Waals surface area contributed by atoms with Crippen LogP contribution >= 0.6 is 11.6 Å². The predicted molar refractivity (Wildman–Crippen MR) is 77.9 cm³/mol. The van der Waals surface area contributed by atoms with Crippen LogP contribution in [0.5, 0.6) is 5.75 Å². The molecule has 7 nitrogen and oxygen atoms in total. The van der Waals surface area contributed by atoms with Gasteiger partial charge in [0.05, 0.1) is 25.6 Å². The number of nitrogens with zero attached hydrogens (tertiary/aromatic N) is 2. The molecule has 114 valence electrons. The second-order valence-electron chi connectivity index (χ2n) is 4.26. The average Bonchev–Trinajstić information content (AvgIpc) is 2.82. The molecule has 2 N–H and O–H groups in total. The minimum atomic E-state index is -3.92. The molecule has 0 saturated carbocycles. The maximum atomic E-state index is 12.4. The highest BCUT2D eigenvalue weighted by atomic mass is 35.5. The van der Waals surface area contributed by atoms with Gasteiger partial charge in [-0.1, -0.05) is 11.6 Å². The molecular formula is C12H14ClN3O4S. The van der Waals surface area contributed by atoms with Crippen molar-refractivity contribution in [2.45, 2.75) is 11.5 Å². The molecule has 0 fully saturated rings. The van der Waals surface area contributed by atoms with Crippen molar-refractivity contribution in [3.63, 3.8) is 0 Å².